The average Bonchev–Trinajstić information content (AvgIpc) is 2.56. The molecule has 1 atom stereocenters. The maximum absolute atomic E-state index is 14.3. The summed E-state index contributed by atoms with van der Waals surface area (Å²) >= 11 is 9.12. The second kappa shape index (κ2) is 8.75. The van der Waals surface area contributed by atoms with Gasteiger partial charge in [-0.1, -0.05) is 11.6 Å². The summed E-state index contributed by atoms with van der Waals surface area (Å²) < 4.78 is 20.0. The van der Waals surface area contributed by atoms with Crippen molar-refractivity contribution in [2.24, 2.45) is 0 Å². The summed E-state index contributed by atoms with van der Waals surface area (Å²) in [6.45, 7) is 5.82. The van der Waals surface area contributed by atoms with E-state index in [9.17, 15) is 19.1 Å². The highest BCUT2D eigenvalue weighted by Gasteiger charge is 2.35. The van der Waals surface area contributed by atoms with E-state index in [1.807, 2.05) is 0 Å². The van der Waals surface area contributed by atoms with Gasteiger partial charge in [0.1, 0.15) is 11.4 Å². The van der Waals surface area contributed by atoms with E-state index in [0.717, 1.165) is 6.07 Å². The highest BCUT2D eigenvalue weighted by Crippen LogP contribution is 2.27. The van der Waals surface area contributed by atoms with Crippen LogP contribution < -0.4 is 0 Å². The summed E-state index contributed by atoms with van der Waals surface area (Å²) in [5.74, 6) is -1.21. The van der Waals surface area contributed by atoms with Crippen LogP contribution in [0.15, 0.2) is 16.6 Å². The molecule has 1 aromatic carbocycles. The minimum absolute atomic E-state index is 0.142. The van der Waals surface area contributed by atoms with Crippen LogP contribution >= 0.6 is 27.5 Å². The Labute approximate surface area is 171 Å². The summed E-state index contributed by atoms with van der Waals surface area (Å²) in [7, 11) is 0. The maximum Gasteiger partial charge on any atom is 0.410 e. The fraction of sp³-hybridized carbons (Fsp3) is 0.556. The van der Waals surface area contributed by atoms with Gasteiger partial charge in [0.25, 0.3) is 5.91 Å². The van der Waals surface area contributed by atoms with Gasteiger partial charge in [-0.25, -0.2) is 9.18 Å². The van der Waals surface area contributed by atoms with Crippen molar-refractivity contribution in [3.8, 4) is 0 Å². The molecule has 1 saturated heterocycles. The average molecular weight is 466 g/mol. The van der Waals surface area contributed by atoms with Crippen molar-refractivity contribution in [3.63, 3.8) is 0 Å². The largest absolute Gasteiger partial charge is 0.444 e. The zero-order chi connectivity index (χ0) is 20.4. The lowest BCUT2D eigenvalue weighted by molar-refractivity contribution is 0.00167. The lowest BCUT2D eigenvalue weighted by Crippen LogP contribution is -2.57. The predicted octanol–water partition coefficient (Wildman–Crippen LogP) is 3.69. The summed E-state index contributed by atoms with van der Waals surface area (Å²) in [5.41, 5.74) is -0.773. The minimum Gasteiger partial charge on any atom is -0.444 e. The van der Waals surface area contributed by atoms with Gasteiger partial charge in [0, 0.05) is 30.7 Å². The molecule has 0 unspecified atom stereocenters. The molecule has 150 valence electrons. The molecule has 1 N–H and O–H groups in total. The Morgan fingerprint density at radius 3 is 2.63 bits per heavy atom. The molecule has 1 aromatic rings. The molecule has 2 amide bonds. The third-order valence-corrected chi connectivity index (χ3v) is 5.30. The van der Waals surface area contributed by atoms with Crippen LogP contribution in [0, 0.1) is 5.82 Å². The lowest BCUT2D eigenvalue weighted by Gasteiger charge is -2.41. The number of carbonyl (C=O) groups is 2. The summed E-state index contributed by atoms with van der Waals surface area (Å²) in [6, 6.07) is 1.97. The molecule has 0 bridgehead atoms. The van der Waals surface area contributed by atoms with Gasteiger partial charge < -0.3 is 19.6 Å². The monoisotopic (exact) mass is 464 g/mol. The number of amides is 2. The summed E-state index contributed by atoms with van der Waals surface area (Å²) in [5, 5.41) is 9.59. The van der Waals surface area contributed by atoms with Crippen LogP contribution in [0.4, 0.5) is 9.18 Å². The Morgan fingerprint density at radius 2 is 2.04 bits per heavy atom. The van der Waals surface area contributed by atoms with Crippen LogP contribution in [-0.4, -0.2) is 64.8 Å². The smallest absolute Gasteiger partial charge is 0.410 e. The van der Waals surface area contributed by atoms with Crippen molar-refractivity contribution >= 4 is 39.5 Å². The van der Waals surface area contributed by atoms with Gasteiger partial charge in [0.15, 0.2) is 0 Å². The lowest BCUT2D eigenvalue weighted by atomic mass is 10.1. The van der Waals surface area contributed by atoms with E-state index in [0.29, 0.717) is 4.47 Å². The number of ether oxygens (including phenoxy) is 1. The molecule has 6 nitrogen and oxygen atoms in total. The van der Waals surface area contributed by atoms with Crippen LogP contribution in [0.25, 0.3) is 0 Å². The van der Waals surface area contributed by atoms with Gasteiger partial charge in [0.05, 0.1) is 16.6 Å². The highest BCUT2D eigenvalue weighted by molar-refractivity contribution is 9.10. The van der Waals surface area contributed by atoms with Crippen LogP contribution in [0.3, 0.4) is 0 Å². The number of halogens is 3. The van der Waals surface area contributed by atoms with E-state index in [4.69, 9.17) is 16.3 Å². The molecule has 1 aliphatic heterocycles. The van der Waals surface area contributed by atoms with Crippen LogP contribution in [0.2, 0.25) is 5.02 Å². The molecule has 9 heteroatoms. The second-order valence-corrected chi connectivity index (χ2v) is 8.60. The number of hydrogen-bond acceptors (Lipinski definition) is 4. The van der Waals surface area contributed by atoms with Crippen LogP contribution in [0.5, 0.6) is 0 Å². The molecule has 0 aliphatic carbocycles. The van der Waals surface area contributed by atoms with E-state index in [1.54, 1.807) is 20.8 Å². The fourth-order valence-corrected chi connectivity index (χ4v) is 3.33. The number of benzene rings is 1. The van der Waals surface area contributed by atoms with Crippen LogP contribution in [0.1, 0.15) is 37.6 Å². The second-order valence-electron chi connectivity index (χ2n) is 7.34. The topological polar surface area (TPSA) is 70.1 Å². The van der Waals surface area contributed by atoms with Gasteiger partial charge in [-0.15, -0.1) is 0 Å². The Balaban J connectivity index is 2.19. The van der Waals surface area contributed by atoms with E-state index >= 15 is 0 Å². The third kappa shape index (κ3) is 5.56. The summed E-state index contributed by atoms with van der Waals surface area (Å²) in [4.78, 5) is 28.1. The molecule has 0 spiro atoms. The summed E-state index contributed by atoms with van der Waals surface area (Å²) in [6.07, 6.45) is -0.216. The molecule has 0 radical (unpaired) electrons. The minimum atomic E-state index is -0.686. The standard InChI is InChI=1S/C18H23BrClFN2O4/c1-18(2,3)27-17(26)22-5-6-23(11(10-22)4-7-24)16(25)12-8-14(20)13(19)9-15(12)21/h8-9,11,24H,4-7,10H2,1-3H3/t11-/m0/s1. The molecular weight excluding hydrogens is 443 g/mol. The van der Waals surface area contributed by atoms with Gasteiger partial charge in [-0.05, 0) is 55.3 Å². The van der Waals surface area contributed by atoms with E-state index < -0.39 is 29.5 Å². The molecule has 1 heterocycles. The number of aliphatic hydroxyl groups is 1. The number of rotatable bonds is 3. The van der Waals surface area contributed by atoms with Gasteiger partial charge >= 0.3 is 6.09 Å². The highest BCUT2D eigenvalue weighted by atomic mass is 79.9. The van der Waals surface area contributed by atoms with Gasteiger partial charge in [0.2, 0.25) is 0 Å². The Hall–Kier alpha value is -1.38. The molecule has 27 heavy (non-hydrogen) atoms. The first-order valence-corrected chi connectivity index (χ1v) is 9.75. The Bertz CT molecular complexity index is 726. The number of piperazine rings is 1. The van der Waals surface area contributed by atoms with Crippen molar-refractivity contribution in [1.82, 2.24) is 9.80 Å². The third-order valence-electron chi connectivity index (χ3n) is 4.10. The molecule has 2 rings (SSSR count). The fourth-order valence-electron chi connectivity index (χ4n) is 2.85. The Morgan fingerprint density at radius 1 is 1.37 bits per heavy atom. The van der Waals surface area contributed by atoms with E-state index in [-0.39, 0.29) is 43.2 Å². The molecule has 1 fully saturated rings. The van der Waals surface area contributed by atoms with Gasteiger partial charge in [-0.2, -0.15) is 0 Å². The Kier molecular flexibility index (Phi) is 7.10. The normalized spacial score (nSPS) is 17.8. The van der Waals surface area contributed by atoms with Crippen molar-refractivity contribution in [2.45, 2.75) is 38.8 Å². The molecular formula is C18H23BrClFN2O4. The number of hydrogen-bond donors (Lipinski definition) is 1. The first kappa shape index (κ1) is 21.9. The molecule has 0 saturated carbocycles. The zero-order valence-corrected chi connectivity index (χ0v) is 17.8. The molecule has 1 aliphatic rings. The van der Waals surface area contributed by atoms with Crippen molar-refractivity contribution in [1.29, 1.82) is 0 Å². The first-order chi connectivity index (χ1) is 12.5. The van der Waals surface area contributed by atoms with E-state index in [2.05, 4.69) is 15.9 Å². The SMILES string of the molecule is CC(C)(C)OC(=O)N1CCN(C(=O)c2cc(Cl)c(Br)cc2F)[C@@H](CCO)C1. The number of aliphatic hydroxyl groups excluding tert-OH is 1. The number of nitrogens with zero attached hydrogens (tertiary/aromatic N) is 2. The molecule has 0 aromatic heterocycles. The number of carbonyl (C=O) groups excluding carboxylic acids is 2. The predicted molar refractivity (Wildman–Crippen MR) is 103 cm³/mol. The zero-order valence-electron chi connectivity index (χ0n) is 15.5. The van der Waals surface area contributed by atoms with Gasteiger partial charge in [-0.3, -0.25) is 4.79 Å². The first-order valence-electron chi connectivity index (χ1n) is 8.57. The van der Waals surface area contributed by atoms with E-state index in [1.165, 1.54) is 15.9 Å². The van der Waals surface area contributed by atoms with Crippen molar-refractivity contribution in [3.05, 3.63) is 33.0 Å². The van der Waals surface area contributed by atoms with Crippen molar-refractivity contribution in [2.75, 3.05) is 26.2 Å². The maximum atomic E-state index is 14.3. The van der Waals surface area contributed by atoms with Crippen molar-refractivity contribution < 1.29 is 23.8 Å². The quantitative estimate of drug-likeness (QED) is 0.691. The van der Waals surface area contributed by atoms with Crippen LogP contribution in [-0.2, 0) is 4.74 Å².